The summed E-state index contributed by atoms with van der Waals surface area (Å²) >= 11 is 0. The smallest absolute Gasteiger partial charge is 0.246 e. The number of ether oxygens (including phenoxy) is 1. The van der Waals surface area contributed by atoms with Crippen LogP contribution in [0.4, 0.5) is 11.4 Å². The number of anilines is 2. The summed E-state index contributed by atoms with van der Waals surface area (Å²) in [6.07, 6.45) is 3.34. The Hall–Kier alpha value is -2.83. The van der Waals surface area contributed by atoms with E-state index in [1.165, 1.54) is 4.68 Å². The van der Waals surface area contributed by atoms with Gasteiger partial charge in [0.15, 0.2) is 0 Å². The standard InChI is InChI=1S/C16H18N4O3/c1-16(2)10-23-13-8-11(4-5-12(13)19-15(16)22)18-14(21)9-20-7-3-6-17-20/h3-8H,9-10H2,1-2H3,(H,18,21)(H,19,22). The number of hydrogen-bond acceptors (Lipinski definition) is 4. The van der Waals surface area contributed by atoms with E-state index >= 15 is 0 Å². The van der Waals surface area contributed by atoms with E-state index in [4.69, 9.17) is 4.74 Å². The maximum Gasteiger partial charge on any atom is 0.246 e. The van der Waals surface area contributed by atoms with Gasteiger partial charge in [-0.05, 0) is 32.0 Å². The predicted molar refractivity (Wildman–Crippen MR) is 85.2 cm³/mol. The molecule has 2 N–H and O–H groups in total. The van der Waals surface area contributed by atoms with Crippen LogP contribution < -0.4 is 15.4 Å². The van der Waals surface area contributed by atoms with E-state index in [2.05, 4.69) is 15.7 Å². The summed E-state index contributed by atoms with van der Waals surface area (Å²) in [5.41, 5.74) is 0.600. The Kier molecular flexibility index (Phi) is 3.77. The topological polar surface area (TPSA) is 85.2 Å². The zero-order valence-electron chi connectivity index (χ0n) is 13.0. The molecule has 0 saturated carbocycles. The summed E-state index contributed by atoms with van der Waals surface area (Å²) < 4.78 is 7.25. The molecule has 0 unspecified atom stereocenters. The molecule has 0 bridgehead atoms. The molecule has 0 spiro atoms. The number of benzene rings is 1. The van der Waals surface area contributed by atoms with Gasteiger partial charge >= 0.3 is 0 Å². The second-order valence-corrected chi connectivity index (χ2v) is 6.09. The molecule has 1 aliphatic heterocycles. The maximum atomic E-state index is 12.1. The van der Waals surface area contributed by atoms with Crippen molar-refractivity contribution in [2.24, 2.45) is 5.41 Å². The van der Waals surface area contributed by atoms with Crippen molar-refractivity contribution in [2.45, 2.75) is 20.4 Å². The quantitative estimate of drug-likeness (QED) is 0.906. The van der Waals surface area contributed by atoms with Gasteiger partial charge in [-0.3, -0.25) is 14.3 Å². The van der Waals surface area contributed by atoms with Crippen LogP contribution in [-0.2, 0) is 16.1 Å². The van der Waals surface area contributed by atoms with Crippen molar-refractivity contribution in [3.63, 3.8) is 0 Å². The van der Waals surface area contributed by atoms with Crippen molar-refractivity contribution in [1.29, 1.82) is 0 Å². The van der Waals surface area contributed by atoms with Crippen molar-refractivity contribution in [3.8, 4) is 5.75 Å². The first-order valence-electron chi connectivity index (χ1n) is 7.30. The van der Waals surface area contributed by atoms with Crippen molar-refractivity contribution in [2.75, 3.05) is 17.2 Å². The molecule has 0 radical (unpaired) electrons. The van der Waals surface area contributed by atoms with Gasteiger partial charge in [0, 0.05) is 24.1 Å². The first kappa shape index (κ1) is 15.1. The Morgan fingerprint density at radius 3 is 3.04 bits per heavy atom. The zero-order chi connectivity index (χ0) is 16.4. The van der Waals surface area contributed by atoms with Crippen molar-refractivity contribution in [1.82, 2.24) is 9.78 Å². The van der Waals surface area contributed by atoms with Crippen LogP contribution in [0.25, 0.3) is 0 Å². The SMILES string of the molecule is CC1(C)COc2cc(NC(=O)Cn3cccn3)ccc2NC1=O. The van der Waals surface area contributed by atoms with Crippen LogP contribution in [0.15, 0.2) is 36.7 Å². The zero-order valence-corrected chi connectivity index (χ0v) is 13.0. The van der Waals surface area contributed by atoms with Gasteiger partial charge in [0.25, 0.3) is 0 Å². The molecule has 120 valence electrons. The van der Waals surface area contributed by atoms with E-state index in [0.29, 0.717) is 17.1 Å². The molecule has 0 fully saturated rings. The lowest BCUT2D eigenvalue weighted by Gasteiger charge is -2.18. The highest BCUT2D eigenvalue weighted by Crippen LogP contribution is 2.34. The number of nitrogens with one attached hydrogen (secondary N) is 2. The molecule has 7 heteroatoms. The highest BCUT2D eigenvalue weighted by Gasteiger charge is 2.32. The third kappa shape index (κ3) is 3.33. The number of aromatic nitrogens is 2. The summed E-state index contributed by atoms with van der Waals surface area (Å²) in [4.78, 5) is 24.1. The third-order valence-electron chi connectivity index (χ3n) is 3.58. The minimum atomic E-state index is -0.609. The molecule has 2 aromatic rings. The second-order valence-electron chi connectivity index (χ2n) is 6.09. The molecule has 2 heterocycles. The van der Waals surface area contributed by atoms with Gasteiger partial charge in [0.2, 0.25) is 11.8 Å². The van der Waals surface area contributed by atoms with E-state index < -0.39 is 5.41 Å². The van der Waals surface area contributed by atoms with Crippen molar-refractivity contribution < 1.29 is 14.3 Å². The highest BCUT2D eigenvalue weighted by atomic mass is 16.5. The van der Waals surface area contributed by atoms with Crippen LogP contribution in [0.5, 0.6) is 5.75 Å². The molecule has 1 aliphatic rings. The molecule has 7 nitrogen and oxygen atoms in total. The Morgan fingerprint density at radius 2 is 2.30 bits per heavy atom. The first-order chi connectivity index (χ1) is 10.9. The summed E-state index contributed by atoms with van der Waals surface area (Å²) in [5.74, 6) is 0.263. The monoisotopic (exact) mass is 314 g/mol. The minimum absolute atomic E-state index is 0.0910. The van der Waals surface area contributed by atoms with Crippen LogP contribution >= 0.6 is 0 Å². The number of carbonyl (C=O) groups excluding carboxylic acids is 2. The average Bonchev–Trinajstić information content (AvgIpc) is 2.96. The van der Waals surface area contributed by atoms with Gasteiger partial charge in [-0.2, -0.15) is 5.10 Å². The number of hydrogen-bond donors (Lipinski definition) is 2. The van der Waals surface area contributed by atoms with Crippen LogP contribution in [0.3, 0.4) is 0 Å². The fraction of sp³-hybridized carbons (Fsp3) is 0.312. The molecule has 2 amide bonds. The molecule has 1 aromatic heterocycles. The molecule has 23 heavy (non-hydrogen) atoms. The van der Waals surface area contributed by atoms with Crippen LogP contribution in [0.2, 0.25) is 0 Å². The summed E-state index contributed by atoms with van der Waals surface area (Å²) in [5, 5.41) is 9.62. The number of carbonyl (C=O) groups is 2. The fourth-order valence-electron chi connectivity index (χ4n) is 2.18. The second kappa shape index (κ2) is 5.75. The van der Waals surface area contributed by atoms with E-state index in [0.717, 1.165) is 0 Å². The van der Waals surface area contributed by atoms with Crippen LogP contribution in [-0.4, -0.2) is 28.2 Å². The molecular weight excluding hydrogens is 296 g/mol. The largest absolute Gasteiger partial charge is 0.490 e. The van der Waals surface area contributed by atoms with E-state index in [1.54, 1.807) is 36.7 Å². The fourth-order valence-corrected chi connectivity index (χ4v) is 2.18. The lowest BCUT2D eigenvalue weighted by atomic mass is 9.94. The Bertz CT molecular complexity index is 738. The van der Waals surface area contributed by atoms with Crippen LogP contribution in [0, 0.1) is 5.41 Å². The number of amides is 2. The Labute approximate surface area is 133 Å². The predicted octanol–water partition coefficient (Wildman–Crippen LogP) is 1.88. The lowest BCUT2D eigenvalue weighted by Crippen LogP contribution is -2.33. The van der Waals surface area contributed by atoms with E-state index in [1.807, 2.05) is 13.8 Å². The number of rotatable bonds is 3. The molecule has 3 rings (SSSR count). The molecule has 1 aromatic carbocycles. The van der Waals surface area contributed by atoms with Gasteiger partial charge in [-0.1, -0.05) is 0 Å². The highest BCUT2D eigenvalue weighted by molar-refractivity contribution is 5.98. The van der Waals surface area contributed by atoms with Gasteiger partial charge in [0.05, 0.1) is 11.1 Å². The van der Waals surface area contributed by atoms with Crippen molar-refractivity contribution >= 4 is 23.2 Å². The molecule has 0 atom stereocenters. The summed E-state index contributed by atoms with van der Waals surface area (Å²) in [6, 6.07) is 6.91. The van der Waals surface area contributed by atoms with Gasteiger partial charge in [-0.25, -0.2) is 0 Å². The average molecular weight is 314 g/mol. The van der Waals surface area contributed by atoms with Gasteiger partial charge < -0.3 is 15.4 Å². The Balaban J connectivity index is 1.73. The third-order valence-corrected chi connectivity index (χ3v) is 3.58. The molecule has 0 aliphatic carbocycles. The Morgan fingerprint density at radius 1 is 1.48 bits per heavy atom. The van der Waals surface area contributed by atoms with Crippen molar-refractivity contribution in [3.05, 3.63) is 36.7 Å². The number of nitrogens with zero attached hydrogens (tertiary/aromatic N) is 2. The first-order valence-corrected chi connectivity index (χ1v) is 7.30. The lowest BCUT2D eigenvalue weighted by molar-refractivity contribution is -0.125. The van der Waals surface area contributed by atoms with E-state index in [-0.39, 0.29) is 25.0 Å². The summed E-state index contributed by atoms with van der Waals surface area (Å²) in [7, 11) is 0. The maximum absolute atomic E-state index is 12.1. The normalized spacial score (nSPS) is 15.8. The van der Waals surface area contributed by atoms with Gasteiger partial charge in [-0.15, -0.1) is 0 Å². The van der Waals surface area contributed by atoms with Gasteiger partial charge in [0.1, 0.15) is 18.9 Å². The summed E-state index contributed by atoms with van der Waals surface area (Å²) in [6.45, 7) is 4.05. The number of fused-ring (bicyclic) bond motifs is 1. The van der Waals surface area contributed by atoms with Crippen LogP contribution in [0.1, 0.15) is 13.8 Å². The van der Waals surface area contributed by atoms with E-state index in [9.17, 15) is 9.59 Å². The molecule has 0 saturated heterocycles. The minimum Gasteiger partial charge on any atom is -0.490 e. The molecular formula is C16H18N4O3.